The Bertz CT molecular complexity index is 801. The first-order chi connectivity index (χ1) is 10.1. The Kier molecular flexibility index (Phi) is 4.39. The van der Waals surface area contributed by atoms with Gasteiger partial charge in [0.1, 0.15) is 10.6 Å². The molecule has 0 heterocycles. The van der Waals surface area contributed by atoms with Crippen molar-refractivity contribution in [1.29, 1.82) is 0 Å². The van der Waals surface area contributed by atoms with E-state index in [1.165, 1.54) is 6.07 Å². The van der Waals surface area contributed by atoms with E-state index in [-0.39, 0.29) is 5.75 Å². The van der Waals surface area contributed by atoms with Crippen LogP contribution in [0.15, 0.2) is 47.4 Å². The third-order valence-electron chi connectivity index (χ3n) is 2.82. The van der Waals surface area contributed by atoms with E-state index in [4.69, 9.17) is 15.8 Å². The first-order valence-electron chi connectivity index (χ1n) is 5.98. The number of aryl methyl sites for hydroxylation is 1. The van der Waals surface area contributed by atoms with E-state index in [9.17, 15) is 21.6 Å². The van der Waals surface area contributed by atoms with Gasteiger partial charge in [0.05, 0.1) is 10.6 Å². The van der Waals surface area contributed by atoms with Crippen LogP contribution >= 0.6 is 11.6 Å². The summed E-state index contributed by atoms with van der Waals surface area (Å²) < 4.78 is 67.5. The molecule has 2 aromatic rings. The highest BCUT2D eigenvalue weighted by atomic mass is 35.5. The summed E-state index contributed by atoms with van der Waals surface area (Å²) in [5.74, 6) is 0.0472. The molecule has 0 aliphatic heterocycles. The van der Waals surface area contributed by atoms with E-state index in [2.05, 4.69) is 0 Å². The molecule has 118 valence electrons. The third kappa shape index (κ3) is 3.53. The summed E-state index contributed by atoms with van der Waals surface area (Å²) in [5, 5.41) is -0.581. The molecule has 0 atom stereocenters. The van der Waals surface area contributed by atoms with E-state index in [1.807, 2.05) is 0 Å². The van der Waals surface area contributed by atoms with Crippen LogP contribution in [-0.4, -0.2) is 8.42 Å². The molecular weight excluding hydrogens is 341 g/mol. The molecule has 0 amide bonds. The number of benzene rings is 2. The van der Waals surface area contributed by atoms with Gasteiger partial charge in [-0.1, -0.05) is 29.8 Å². The minimum absolute atomic E-state index is 0.0472. The van der Waals surface area contributed by atoms with E-state index in [1.54, 1.807) is 25.1 Å². The SMILES string of the molecule is Cc1ccccc1OS(=O)(=O)c1ccc(Cl)c(C(F)(F)F)c1. The van der Waals surface area contributed by atoms with Gasteiger partial charge in [0, 0.05) is 0 Å². The molecule has 22 heavy (non-hydrogen) atoms. The van der Waals surface area contributed by atoms with Crippen LogP contribution in [0, 0.1) is 6.92 Å². The second-order valence-corrected chi connectivity index (χ2v) is 6.40. The van der Waals surface area contributed by atoms with Gasteiger partial charge in [0.2, 0.25) is 0 Å². The summed E-state index contributed by atoms with van der Waals surface area (Å²) in [6.45, 7) is 1.62. The maximum atomic E-state index is 12.8. The molecule has 0 aliphatic carbocycles. The molecule has 0 unspecified atom stereocenters. The number of rotatable bonds is 3. The lowest BCUT2D eigenvalue weighted by Gasteiger charge is -2.12. The van der Waals surface area contributed by atoms with E-state index < -0.39 is 31.8 Å². The van der Waals surface area contributed by atoms with Gasteiger partial charge in [-0.15, -0.1) is 0 Å². The summed E-state index contributed by atoms with van der Waals surface area (Å²) in [7, 11) is -4.39. The molecule has 0 saturated carbocycles. The standard InChI is InChI=1S/C14H10ClF3O3S/c1-9-4-2-3-5-13(9)21-22(19,20)10-6-7-12(15)11(8-10)14(16,17)18/h2-8H,1H3. The summed E-state index contributed by atoms with van der Waals surface area (Å²) in [5.41, 5.74) is -0.695. The summed E-state index contributed by atoms with van der Waals surface area (Å²) in [4.78, 5) is -0.618. The van der Waals surface area contributed by atoms with Gasteiger partial charge in [0.15, 0.2) is 0 Å². The van der Waals surface area contributed by atoms with Crippen LogP contribution in [0.25, 0.3) is 0 Å². The maximum Gasteiger partial charge on any atom is 0.417 e. The van der Waals surface area contributed by atoms with Crippen molar-refractivity contribution in [1.82, 2.24) is 0 Å². The third-order valence-corrected chi connectivity index (χ3v) is 4.38. The molecule has 3 nitrogen and oxygen atoms in total. The van der Waals surface area contributed by atoms with Crippen molar-refractivity contribution in [2.75, 3.05) is 0 Å². The Morgan fingerprint density at radius 1 is 1.09 bits per heavy atom. The average Bonchev–Trinajstić information content (AvgIpc) is 2.40. The molecule has 0 spiro atoms. The molecule has 0 bridgehead atoms. The molecule has 8 heteroatoms. The summed E-state index contributed by atoms with van der Waals surface area (Å²) >= 11 is 5.46. The average molecular weight is 351 g/mol. The molecule has 0 aromatic heterocycles. The zero-order valence-corrected chi connectivity index (χ0v) is 12.8. The zero-order chi connectivity index (χ0) is 16.5. The number of hydrogen-bond acceptors (Lipinski definition) is 3. The van der Waals surface area contributed by atoms with Crippen LogP contribution in [0.5, 0.6) is 5.75 Å². The predicted molar refractivity (Wildman–Crippen MR) is 75.4 cm³/mol. The second kappa shape index (κ2) is 5.81. The van der Waals surface area contributed by atoms with Gasteiger partial charge in [-0.2, -0.15) is 21.6 Å². The zero-order valence-electron chi connectivity index (χ0n) is 11.2. The Morgan fingerprint density at radius 2 is 1.73 bits per heavy atom. The number of hydrogen-bond donors (Lipinski definition) is 0. The van der Waals surface area contributed by atoms with Crippen molar-refractivity contribution in [3.8, 4) is 5.75 Å². The van der Waals surface area contributed by atoms with Crippen LogP contribution in [0.4, 0.5) is 13.2 Å². The number of para-hydroxylation sites is 1. The van der Waals surface area contributed by atoms with Gasteiger partial charge in [-0.3, -0.25) is 0 Å². The lowest BCUT2D eigenvalue weighted by Crippen LogP contribution is -2.13. The molecule has 0 radical (unpaired) electrons. The molecule has 2 rings (SSSR count). The summed E-state index contributed by atoms with van der Waals surface area (Å²) in [6.07, 6.45) is -4.76. The minimum Gasteiger partial charge on any atom is -0.379 e. The van der Waals surface area contributed by atoms with Crippen molar-refractivity contribution in [3.63, 3.8) is 0 Å². The smallest absolute Gasteiger partial charge is 0.379 e. The van der Waals surface area contributed by atoms with Gasteiger partial charge >= 0.3 is 16.3 Å². The highest BCUT2D eigenvalue weighted by Crippen LogP contribution is 2.36. The summed E-state index contributed by atoms with van der Waals surface area (Å²) in [6, 6.07) is 8.56. The molecule has 0 fully saturated rings. The fourth-order valence-corrected chi connectivity index (χ4v) is 2.93. The van der Waals surface area contributed by atoms with E-state index in [0.717, 1.165) is 12.1 Å². The Morgan fingerprint density at radius 3 is 2.32 bits per heavy atom. The first kappa shape index (κ1) is 16.6. The normalized spacial score (nSPS) is 12.2. The molecule has 0 aliphatic rings. The van der Waals surface area contributed by atoms with Crippen LogP contribution in [-0.2, 0) is 16.3 Å². The van der Waals surface area contributed by atoms with Crippen LogP contribution in [0.1, 0.15) is 11.1 Å². The van der Waals surface area contributed by atoms with Crippen molar-refractivity contribution in [2.45, 2.75) is 18.0 Å². The highest BCUT2D eigenvalue weighted by molar-refractivity contribution is 7.87. The molecule has 0 N–H and O–H groups in total. The van der Waals surface area contributed by atoms with Crippen molar-refractivity contribution in [2.24, 2.45) is 0 Å². The lowest BCUT2D eigenvalue weighted by atomic mass is 10.2. The van der Waals surface area contributed by atoms with Crippen molar-refractivity contribution < 1.29 is 25.8 Å². The van der Waals surface area contributed by atoms with E-state index in [0.29, 0.717) is 11.6 Å². The van der Waals surface area contributed by atoms with Crippen molar-refractivity contribution in [3.05, 3.63) is 58.6 Å². The van der Waals surface area contributed by atoms with Crippen molar-refractivity contribution >= 4 is 21.7 Å². The second-order valence-electron chi connectivity index (χ2n) is 4.44. The predicted octanol–water partition coefficient (Wildman–Crippen LogP) is 4.43. The minimum atomic E-state index is -4.76. The van der Waals surface area contributed by atoms with Crippen LogP contribution in [0.2, 0.25) is 5.02 Å². The van der Waals surface area contributed by atoms with Gasteiger partial charge in [-0.25, -0.2) is 0 Å². The molecular formula is C14H10ClF3O3S. The largest absolute Gasteiger partial charge is 0.417 e. The van der Waals surface area contributed by atoms with Crippen LogP contribution in [0.3, 0.4) is 0 Å². The van der Waals surface area contributed by atoms with Crippen LogP contribution < -0.4 is 4.18 Å². The van der Waals surface area contributed by atoms with E-state index >= 15 is 0 Å². The molecule has 0 saturated heterocycles. The van der Waals surface area contributed by atoms with Gasteiger partial charge in [0.25, 0.3) is 0 Å². The van der Waals surface area contributed by atoms with Gasteiger partial charge in [-0.05, 0) is 36.8 Å². The Labute approximate surface area is 130 Å². The number of alkyl halides is 3. The Hall–Kier alpha value is -1.73. The first-order valence-corrected chi connectivity index (χ1v) is 7.77. The number of halogens is 4. The highest BCUT2D eigenvalue weighted by Gasteiger charge is 2.34. The van der Waals surface area contributed by atoms with Gasteiger partial charge < -0.3 is 4.18 Å². The Balaban J connectivity index is 2.45. The quantitative estimate of drug-likeness (QED) is 0.769. The topological polar surface area (TPSA) is 43.4 Å². The fraction of sp³-hybridized carbons (Fsp3) is 0.143. The molecule has 2 aromatic carbocycles. The fourth-order valence-electron chi connectivity index (χ4n) is 1.69. The maximum absolute atomic E-state index is 12.8. The lowest BCUT2D eigenvalue weighted by molar-refractivity contribution is -0.137. The monoisotopic (exact) mass is 350 g/mol.